The maximum absolute atomic E-state index is 6.52. The van der Waals surface area contributed by atoms with Crippen LogP contribution in [0.25, 0.3) is 16.5 Å². The summed E-state index contributed by atoms with van der Waals surface area (Å²) in [5.74, 6) is 0. The van der Waals surface area contributed by atoms with Crippen LogP contribution in [0.1, 0.15) is 73.4 Å². The van der Waals surface area contributed by atoms with Gasteiger partial charge in [0.2, 0.25) is 0 Å². The molecule has 0 bridgehead atoms. The van der Waals surface area contributed by atoms with Gasteiger partial charge in [-0.1, -0.05) is 6.58 Å². The maximum Gasteiger partial charge on any atom is 0.497 e. The number of hydrogen-bond donors (Lipinski definition) is 2. The van der Waals surface area contributed by atoms with E-state index in [1.165, 1.54) is 0 Å². The zero-order valence-electron chi connectivity index (χ0n) is 22.1. The maximum atomic E-state index is 6.52. The van der Waals surface area contributed by atoms with E-state index in [0.717, 1.165) is 44.2 Å². The Morgan fingerprint density at radius 2 is 1.27 bits per heavy atom. The number of nitrogens with one attached hydrogen (secondary N) is 2. The van der Waals surface area contributed by atoms with E-state index in [9.17, 15) is 0 Å². The molecule has 0 amide bonds. The fourth-order valence-electron chi connectivity index (χ4n) is 4.70. The molecule has 0 saturated carbocycles. The second-order valence-corrected chi connectivity index (χ2v) is 11.5. The van der Waals surface area contributed by atoms with E-state index in [-0.39, 0.29) is 0 Å². The van der Waals surface area contributed by atoms with Crippen molar-refractivity contribution in [3.8, 4) is 0 Å². The molecule has 0 radical (unpaired) electrons. The van der Waals surface area contributed by atoms with Gasteiger partial charge in [-0.25, -0.2) is 0 Å². The zero-order valence-corrected chi connectivity index (χ0v) is 22.1. The lowest BCUT2D eigenvalue weighted by Crippen LogP contribution is -2.43. The molecular formula is C25H38B2N2O4. The summed E-state index contributed by atoms with van der Waals surface area (Å²) >= 11 is 0. The number of aromatic amines is 1. The van der Waals surface area contributed by atoms with Crippen molar-refractivity contribution in [3.63, 3.8) is 0 Å². The summed E-state index contributed by atoms with van der Waals surface area (Å²) < 4.78 is 26.1. The second kappa shape index (κ2) is 7.38. The van der Waals surface area contributed by atoms with Crippen LogP contribution >= 0.6 is 0 Å². The molecule has 178 valence electrons. The molecule has 2 fully saturated rings. The largest absolute Gasteiger partial charge is 0.497 e. The summed E-state index contributed by atoms with van der Waals surface area (Å²) in [5, 5.41) is 4.51. The molecule has 1 aromatic heterocycles. The molecule has 0 unspecified atom stereocenters. The summed E-state index contributed by atoms with van der Waals surface area (Å²) in [5.41, 5.74) is 5.00. The van der Waals surface area contributed by atoms with E-state index in [1.54, 1.807) is 0 Å². The van der Waals surface area contributed by atoms with Crippen molar-refractivity contribution in [3.05, 3.63) is 23.9 Å². The first-order valence-electron chi connectivity index (χ1n) is 11.8. The van der Waals surface area contributed by atoms with Crippen molar-refractivity contribution in [1.29, 1.82) is 0 Å². The van der Waals surface area contributed by atoms with Gasteiger partial charge >= 0.3 is 14.2 Å². The SMILES string of the molecule is C=C(C)c1c(NC)c(B2OC(C)(C)C(C)(C)O2)c2c(C)c[nH]c2c1B1OC(C)(C)C(C)(C)O1. The number of aromatic nitrogens is 1. The first-order valence-corrected chi connectivity index (χ1v) is 11.8. The Labute approximate surface area is 199 Å². The average Bonchev–Trinajstić information content (AvgIpc) is 3.22. The molecule has 6 nitrogen and oxygen atoms in total. The first kappa shape index (κ1) is 24.4. The third-order valence-electron chi connectivity index (χ3n) is 8.06. The van der Waals surface area contributed by atoms with Crippen molar-refractivity contribution < 1.29 is 18.6 Å². The van der Waals surface area contributed by atoms with Gasteiger partial charge in [-0.05, 0) is 80.4 Å². The van der Waals surface area contributed by atoms with Crippen LogP contribution in [0.3, 0.4) is 0 Å². The molecule has 3 heterocycles. The van der Waals surface area contributed by atoms with E-state index < -0.39 is 36.6 Å². The summed E-state index contributed by atoms with van der Waals surface area (Å²) in [6.07, 6.45) is 2.02. The van der Waals surface area contributed by atoms with Crippen molar-refractivity contribution >= 4 is 47.3 Å². The lowest BCUT2D eigenvalue weighted by atomic mass is 9.66. The zero-order chi connectivity index (χ0) is 24.7. The molecule has 0 atom stereocenters. The van der Waals surface area contributed by atoms with Crippen LogP contribution in [0.4, 0.5) is 5.69 Å². The number of anilines is 1. The third-order valence-corrected chi connectivity index (χ3v) is 8.06. The first-order chi connectivity index (χ1) is 15.0. The Morgan fingerprint density at radius 3 is 1.67 bits per heavy atom. The number of benzene rings is 1. The van der Waals surface area contributed by atoms with Gasteiger partial charge in [0.15, 0.2) is 0 Å². The molecule has 0 spiro atoms. The van der Waals surface area contributed by atoms with Gasteiger partial charge in [0.1, 0.15) is 0 Å². The van der Waals surface area contributed by atoms with Crippen molar-refractivity contribution in [2.24, 2.45) is 0 Å². The Hall–Kier alpha value is -1.73. The monoisotopic (exact) mass is 452 g/mol. The van der Waals surface area contributed by atoms with Gasteiger partial charge < -0.3 is 28.9 Å². The van der Waals surface area contributed by atoms with Gasteiger partial charge in [0.05, 0.1) is 22.4 Å². The topological polar surface area (TPSA) is 64.7 Å². The number of hydrogen-bond acceptors (Lipinski definition) is 5. The standard InChI is InChI=1S/C25H38B2N2O4/c1-14(2)16-18(26-30-22(4,5)23(6,7)31-26)21-17(15(3)13-29-21)19(20(16)28-12)27-32-24(8,9)25(10,11)33-27/h13,28-29H,1H2,2-12H3. The van der Waals surface area contributed by atoms with E-state index in [1.807, 2.05) is 20.2 Å². The minimum Gasteiger partial charge on any atom is -0.399 e. The molecule has 33 heavy (non-hydrogen) atoms. The molecule has 2 aliphatic heterocycles. The number of allylic oxidation sites excluding steroid dienone is 1. The van der Waals surface area contributed by atoms with Crippen molar-refractivity contribution in [1.82, 2.24) is 4.98 Å². The van der Waals surface area contributed by atoms with E-state index in [0.29, 0.717) is 0 Å². The fourth-order valence-corrected chi connectivity index (χ4v) is 4.70. The smallest absolute Gasteiger partial charge is 0.399 e. The second-order valence-electron chi connectivity index (χ2n) is 11.5. The lowest BCUT2D eigenvalue weighted by molar-refractivity contribution is 0.00578. The summed E-state index contributed by atoms with van der Waals surface area (Å²) in [7, 11) is 0.861. The van der Waals surface area contributed by atoms with Gasteiger partial charge in [0, 0.05) is 46.3 Å². The third kappa shape index (κ3) is 3.49. The van der Waals surface area contributed by atoms with Crippen LogP contribution in [-0.2, 0) is 18.6 Å². The van der Waals surface area contributed by atoms with Gasteiger partial charge in [-0.2, -0.15) is 0 Å². The van der Waals surface area contributed by atoms with E-state index in [2.05, 4.69) is 79.2 Å². The Balaban J connectivity index is 2.03. The predicted octanol–water partition coefficient (Wildman–Crippen LogP) is 4.15. The molecular weight excluding hydrogens is 414 g/mol. The molecule has 2 saturated heterocycles. The molecule has 2 N–H and O–H groups in total. The highest BCUT2D eigenvalue weighted by atomic mass is 16.7. The number of aryl methyl sites for hydroxylation is 1. The molecule has 8 heteroatoms. The van der Waals surface area contributed by atoms with Gasteiger partial charge in [-0.15, -0.1) is 0 Å². The van der Waals surface area contributed by atoms with Crippen LogP contribution in [0.15, 0.2) is 12.8 Å². The number of rotatable bonds is 4. The average molecular weight is 452 g/mol. The summed E-state index contributed by atoms with van der Waals surface area (Å²) in [6, 6.07) is 0. The Bertz CT molecular complexity index is 1100. The quantitative estimate of drug-likeness (QED) is 0.683. The van der Waals surface area contributed by atoms with Crippen LogP contribution in [-0.4, -0.2) is 48.7 Å². The lowest BCUT2D eigenvalue weighted by Gasteiger charge is -2.32. The van der Waals surface area contributed by atoms with Crippen LogP contribution < -0.4 is 16.2 Å². The highest BCUT2D eigenvalue weighted by Crippen LogP contribution is 2.41. The van der Waals surface area contributed by atoms with Gasteiger partial charge in [-0.3, -0.25) is 0 Å². The van der Waals surface area contributed by atoms with E-state index >= 15 is 0 Å². The molecule has 1 aromatic carbocycles. The molecule has 2 aliphatic rings. The summed E-state index contributed by atoms with van der Waals surface area (Å²) in [4.78, 5) is 3.50. The highest BCUT2D eigenvalue weighted by Gasteiger charge is 2.55. The van der Waals surface area contributed by atoms with Crippen LogP contribution in [0.5, 0.6) is 0 Å². The fraction of sp³-hybridized carbons (Fsp3) is 0.600. The predicted molar refractivity (Wildman–Crippen MR) is 139 cm³/mol. The minimum atomic E-state index is -0.540. The summed E-state index contributed by atoms with van der Waals surface area (Å²) in [6.45, 7) is 25.0. The Morgan fingerprint density at radius 1 is 0.848 bits per heavy atom. The van der Waals surface area contributed by atoms with Crippen molar-refractivity contribution in [2.45, 2.75) is 91.6 Å². The number of fused-ring (bicyclic) bond motifs is 1. The minimum absolute atomic E-state index is 0.451. The molecule has 0 aliphatic carbocycles. The Kier molecular flexibility index (Phi) is 5.46. The van der Waals surface area contributed by atoms with Crippen LogP contribution in [0.2, 0.25) is 0 Å². The molecule has 2 aromatic rings. The van der Waals surface area contributed by atoms with Gasteiger partial charge in [0.25, 0.3) is 0 Å². The van der Waals surface area contributed by atoms with Crippen molar-refractivity contribution in [2.75, 3.05) is 12.4 Å². The van der Waals surface area contributed by atoms with Crippen LogP contribution in [0, 0.1) is 6.92 Å². The highest BCUT2D eigenvalue weighted by molar-refractivity contribution is 6.71. The van der Waals surface area contributed by atoms with E-state index in [4.69, 9.17) is 18.6 Å². The molecule has 4 rings (SSSR count). The normalized spacial score (nSPS) is 22.9. The number of H-pyrrole nitrogens is 1.